The van der Waals surface area contributed by atoms with Crippen LogP contribution in [0.5, 0.6) is 0 Å². The smallest absolute Gasteiger partial charge is 0.355 e. The molecule has 3 N–H and O–H groups in total. The van der Waals surface area contributed by atoms with Crippen molar-refractivity contribution in [2.24, 2.45) is 0 Å². The van der Waals surface area contributed by atoms with E-state index in [0.717, 1.165) is 0 Å². The van der Waals surface area contributed by atoms with Gasteiger partial charge in [0, 0.05) is 18.3 Å². The standard InChI is InChI=1S/C11H17N3O3S/c1-11(2,12-3)10(17)13-5-4-8-14-7(6-18-8)9(15)16/h6,12H,4-5H2,1-3H3,(H,13,17)(H,15,16). The Bertz CT molecular complexity index is 442. The molecule has 18 heavy (non-hydrogen) atoms. The zero-order valence-electron chi connectivity index (χ0n) is 10.6. The molecule has 0 aliphatic carbocycles. The fourth-order valence-corrected chi connectivity index (χ4v) is 1.91. The van der Waals surface area contributed by atoms with Gasteiger partial charge in [0.15, 0.2) is 5.69 Å². The van der Waals surface area contributed by atoms with Crippen LogP contribution in [0.15, 0.2) is 5.38 Å². The van der Waals surface area contributed by atoms with E-state index in [4.69, 9.17) is 5.11 Å². The molecule has 0 fully saturated rings. The number of rotatable bonds is 6. The number of carboxylic acids is 1. The summed E-state index contributed by atoms with van der Waals surface area (Å²) in [6.45, 7) is 4.01. The number of nitrogens with one attached hydrogen (secondary N) is 2. The maximum absolute atomic E-state index is 11.7. The molecule has 0 unspecified atom stereocenters. The van der Waals surface area contributed by atoms with Crippen molar-refractivity contribution in [1.29, 1.82) is 0 Å². The Kier molecular flexibility index (Phi) is 4.80. The summed E-state index contributed by atoms with van der Waals surface area (Å²) in [6, 6.07) is 0. The van der Waals surface area contributed by atoms with Gasteiger partial charge in [-0.25, -0.2) is 9.78 Å². The lowest BCUT2D eigenvalue weighted by molar-refractivity contribution is -0.126. The Morgan fingerprint density at radius 1 is 1.50 bits per heavy atom. The average Bonchev–Trinajstić information content (AvgIpc) is 2.77. The number of amides is 1. The van der Waals surface area contributed by atoms with E-state index in [0.29, 0.717) is 18.0 Å². The van der Waals surface area contributed by atoms with Gasteiger partial charge in [-0.2, -0.15) is 0 Å². The maximum atomic E-state index is 11.7. The fraction of sp³-hybridized carbons (Fsp3) is 0.545. The van der Waals surface area contributed by atoms with E-state index in [1.165, 1.54) is 16.7 Å². The van der Waals surface area contributed by atoms with Crippen LogP contribution in [0.25, 0.3) is 0 Å². The summed E-state index contributed by atoms with van der Waals surface area (Å²) >= 11 is 1.28. The van der Waals surface area contributed by atoms with Gasteiger partial charge < -0.3 is 15.7 Å². The number of likely N-dealkylation sites (N-methyl/N-ethyl adjacent to an activating group) is 1. The molecule has 1 rings (SSSR count). The molecule has 0 saturated heterocycles. The van der Waals surface area contributed by atoms with Crippen LogP contribution in [-0.4, -0.2) is 41.1 Å². The molecular weight excluding hydrogens is 254 g/mol. The SMILES string of the molecule is CNC(C)(C)C(=O)NCCc1nc(C(=O)O)cs1. The average molecular weight is 271 g/mol. The summed E-state index contributed by atoms with van der Waals surface area (Å²) < 4.78 is 0. The van der Waals surface area contributed by atoms with Crippen molar-refractivity contribution in [2.45, 2.75) is 25.8 Å². The van der Waals surface area contributed by atoms with Crippen LogP contribution in [0.3, 0.4) is 0 Å². The van der Waals surface area contributed by atoms with Gasteiger partial charge in [-0.05, 0) is 20.9 Å². The third-order valence-electron chi connectivity index (χ3n) is 2.59. The fourth-order valence-electron chi connectivity index (χ4n) is 1.14. The second-order valence-corrected chi connectivity index (χ2v) is 5.26. The summed E-state index contributed by atoms with van der Waals surface area (Å²) in [7, 11) is 1.72. The minimum atomic E-state index is -1.03. The quantitative estimate of drug-likeness (QED) is 0.700. The highest BCUT2D eigenvalue weighted by molar-refractivity contribution is 7.09. The maximum Gasteiger partial charge on any atom is 0.355 e. The van der Waals surface area contributed by atoms with Gasteiger partial charge in [-0.15, -0.1) is 11.3 Å². The van der Waals surface area contributed by atoms with Gasteiger partial charge in [0.05, 0.1) is 10.5 Å². The number of aromatic nitrogens is 1. The molecule has 0 aliphatic rings. The predicted octanol–water partition coefficient (Wildman–Crippen LogP) is 0.498. The summed E-state index contributed by atoms with van der Waals surface area (Å²) in [5.41, 5.74) is -0.563. The van der Waals surface area contributed by atoms with Gasteiger partial charge in [0.25, 0.3) is 0 Å². The number of carboxylic acid groups (broad SMARTS) is 1. The first-order valence-electron chi connectivity index (χ1n) is 5.51. The van der Waals surface area contributed by atoms with E-state index in [-0.39, 0.29) is 11.6 Å². The molecule has 0 atom stereocenters. The van der Waals surface area contributed by atoms with Crippen molar-refractivity contribution < 1.29 is 14.7 Å². The molecule has 6 nitrogen and oxygen atoms in total. The number of carbonyl (C=O) groups excluding carboxylic acids is 1. The molecule has 0 aliphatic heterocycles. The molecule has 0 spiro atoms. The molecule has 1 aromatic heterocycles. The number of hydrogen-bond acceptors (Lipinski definition) is 5. The Labute approximate surface area is 109 Å². The molecule has 1 heterocycles. The number of aromatic carboxylic acids is 1. The lowest BCUT2D eigenvalue weighted by atomic mass is 10.1. The largest absolute Gasteiger partial charge is 0.476 e. The van der Waals surface area contributed by atoms with Crippen LogP contribution in [0, 0.1) is 0 Å². The molecule has 0 saturated carbocycles. The van der Waals surface area contributed by atoms with Crippen molar-refractivity contribution in [1.82, 2.24) is 15.6 Å². The third-order valence-corrected chi connectivity index (χ3v) is 3.50. The van der Waals surface area contributed by atoms with Gasteiger partial charge in [-0.3, -0.25) is 4.79 Å². The Balaban J connectivity index is 2.42. The van der Waals surface area contributed by atoms with Crippen LogP contribution < -0.4 is 10.6 Å². The molecule has 0 aromatic carbocycles. The highest BCUT2D eigenvalue weighted by atomic mass is 32.1. The van der Waals surface area contributed by atoms with E-state index in [9.17, 15) is 9.59 Å². The van der Waals surface area contributed by atoms with E-state index >= 15 is 0 Å². The molecule has 7 heteroatoms. The number of hydrogen-bond donors (Lipinski definition) is 3. The van der Waals surface area contributed by atoms with Crippen LogP contribution in [-0.2, 0) is 11.2 Å². The van der Waals surface area contributed by atoms with Gasteiger partial charge in [-0.1, -0.05) is 0 Å². The zero-order chi connectivity index (χ0) is 13.8. The van der Waals surface area contributed by atoms with E-state index in [1.54, 1.807) is 20.9 Å². The Morgan fingerprint density at radius 2 is 2.17 bits per heavy atom. The van der Waals surface area contributed by atoms with Crippen molar-refractivity contribution in [3.8, 4) is 0 Å². The highest BCUT2D eigenvalue weighted by Gasteiger charge is 2.24. The first kappa shape index (κ1) is 14.6. The van der Waals surface area contributed by atoms with Crippen molar-refractivity contribution in [3.05, 3.63) is 16.1 Å². The van der Waals surface area contributed by atoms with Gasteiger partial charge >= 0.3 is 5.97 Å². The molecule has 100 valence electrons. The topological polar surface area (TPSA) is 91.3 Å². The normalized spacial score (nSPS) is 11.3. The second kappa shape index (κ2) is 5.92. The summed E-state index contributed by atoms with van der Waals surface area (Å²) in [5, 5.41) is 16.6. The van der Waals surface area contributed by atoms with Gasteiger partial charge in [0.1, 0.15) is 0 Å². The first-order chi connectivity index (χ1) is 8.36. The molecule has 0 radical (unpaired) electrons. The van der Waals surface area contributed by atoms with Crippen molar-refractivity contribution >= 4 is 23.2 Å². The van der Waals surface area contributed by atoms with E-state index in [2.05, 4.69) is 15.6 Å². The summed E-state index contributed by atoms with van der Waals surface area (Å²) in [6.07, 6.45) is 0.531. The summed E-state index contributed by atoms with van der Waals surface area (Å²) in [4.78, 5) is 26.3. The predicted molar refractivity (Wildman–Crippen MR) is 68.9 cm³/mol. The van der Waals surface area contributed by atoms with Crippen molar-refractivity contribution in [3.63, 3.8) is 0 Å². The highest BCUT2D eigenvalue weighted by Crippen LogP contribution is 2.10. The van der Waals surface area contributed by atoms with Crippen LogP contribution >= 0.6 is 11.3 Å². The summed E-state index contributed by atoms with van der Waals surface area (Å²) in [5.74, 6) is -1.13. The number of thiazole rings is 1. The molecular formula is C11H17N3O3S. The zero-order valence-corrected chi connectivity index (χ0v) is 11.4. The van der Waals surface area contributed by atoms with E-state index in [1.807, 2.05) is 0 Å². The van der Waals surface area contributed by atoms with Crippen LogP contribution in [0.2, 0.25) is 0 Å². The van der Waals surface area contributed by atoms with Crippen LogP contribution in [0.1, 0.15) is 29.3 Å². The Hall–Kier alpha value is -1.47. The number of nitrogens with zero attached hydrogens (tertiary/aromatic N) is 1. The second-order valence-electron chi connectivity index (χ2n) is 4.31. The minimum Gasteiger partial charge on any atom is -0.476 e. The Morgan fingerprint density at radius 3 is 2.67 bits per heavy atom. The molecule has 0 bridgehead atoms. The van der Waals surface area contributed by atoms with E-state index < -0.39 is 11.5 Å². The van der Waals surface area contributed by atoms with Crippen LogP contribution in [0.4, 0.5) is 0 Å². The minimum absolute atomic E-state index is 0.0527. The monoisotopic (exact) mass is 271 g/mol. The lowest BCUT2D eigenvalue weighted by Gasteiger charge is -2.22. The van der Waals surface area contributed by atoms with Crippen molar-refractivity contribution in [2.75, 3.05) is 13.6 Å². The first-order valence-corrected chi connectivity index (χ1v) is 6.39. The number of carbonyl (C=O) groups is 2. The third kappa shape index (κ3) is 3.78. The molecule has 1 aromatic rings. The lowest BCUT2D eigenvalue weighted by Crippen LogP contribution is -2.51. The molecule has 1 amide bonds. The van der Waals surface area contributed by atoms with Gasteiger partial charge in [0.2, 0.25) is 5.91 Å².